The molecule has 0 N–H and O–H groups in total. The van der Waals surface area contributed by atoms with Crippen LogP contribution >= 0.6 is 0 Å². The van der Waals surface area contributed by atoms with Gasteiger partial charge < -0.3 is 4.74 Å². The number of hydrogen-bond donors (Lipinski definition) is 0. The fraction of sp³-hybridized carbons (Fsp3) is 0.273. The van der Waals surface area contributed by atoms with Crippen LogP contribution in [0.15, 0.2) is 30.0 Å². The third-order valence-corrected chi connectivity index (χ3v) is 2.02. The van der Waals surface area contributed by atoms with Crippen LogP contribution in [-0.4, -0.2) is 12.0 Å². The second-order valence-corrected chi connectivity index (χ2v) is 3.02. The van der Waals surface area contributed by atoms with Gasteiger partial charge >= 0.3 is 0 Å². The van der Waals surface area contributed by atoms with Crippen molar-refractivity contribution in [2.45, 2.75) is 13.3 Å². The molecule has 0 saturated heterocycles. The Bertz CT molecular complexity index is 385. The first-order chi connectivity index (χ1) is 7.17. The first kappa shape index (κ1) is 11.2. The molecule has 0 bridgehead atoms. The molecule has 0 aliphatic rings. The van der Waals surface area contributed by atoms with Gasteiger partial charge in [0, 0.05) is 12.5 Å². The zero-order valence-electron chi connectivity index (χ0n) is 8.77. The van der Waals surface area contributed by atoms with Gasteiger partial charge in [0.25, 0.3) is 0 Å². The van der Waals surface area contributed by atoms with Gasteiger partial charge in [0.05, 0.1) is 12.0 Å². The molecule has 0 spiro atoms. The van der Waals surface area contributed by atoms with E-state index in [2.05, 4.69) is 0 Å². The van der Waals surface area contributed by atoms with Crippen molar-refractivity contribution >= 4 is 6.08 Å². The van der Waals surface area contributed by atoms with E-state index >= 15 is 0 Å². The predicted octanol–water partition coefficient (Wildman–Crippen LogP) is 2.72. The van der Waals surface area contributed by atoms with E-state index in [1.54, 1.807) is 38.3 Å². The number of benzene rings is 1. The van der Waals surface area contributed by atoms with E-state index in [9.17, 15) is 10.1 Å². The molecule has 0 aliphatic heterocycles. The SMILES string of the molecule is CCC(=Cc1cccc(OC)c1)[N+](=O)[O-]. The van der Waals surface area contributed by atoms with Crippen LogP contribution in [-0.2, 0) is 0 Å². The Labute approximate surface area is 88.3 Å². The van der Waals surface area contributed by atoms with Crippen LogP contribution < -0.4 is 4.74 Å². The number of nitro groups is 1. The molecular weight excluding hydrogens is 194 g/mol. The highest BCUT2D eigenvalue weighted by molar-refractivity contribution is 5.53. The van der Waals surface area contributed by atoms with Crippen molar-refractivity contribution in [1.82, 2.24) is 0 Å². The van der Waals surface area contributed by atoms with E-state index in [4.69, 9.17) is 4.74 Å². The summed E-state index contributed by atoms with van der Waals surface area (Å²) in [7, 11) is 1.57. The Kier molecular flexibility index (Phi) is 3.85. The van der Waals surface area contributed by atoms with Gasteiger partial charge in [0.2, 0.25) is 5.70 Å². The number of nitrogens with zero attached hydrogens (tertiary/aromatic N) is 1. The average molecular weight is 207 g/mol. The van der Waals surface area contributed by atoms with Gasteiger partial charge in [-0.3, -0.25) is 10.1 Å². The maximum absolute atomic E-state index is 10.6. The Morgan fingerprint density at radius 3 is 2.87 bits per heavy atom. The molecule has 0 atom stereocenters. The summed E-state index contributed by atoms with van der Waals surface area (Å²) in [6, 6.07) is 7.17. The van der Waals surface area contributed by atoms with E-state index in [1.165, 1.54) is 0 Å². The van der Waals surface area contributed by atoms with Gasteiger partial charge in [-0.15, -0.1) is 0 Å². The molecule has 0 heterocycles. The van der Waals surface area contributed by atoms with Gasteiger partial charge in [0.1, 0.15) is 5.75 Å². The monoisotopic (exact) mass is 207 g/mol. The highest BCUT2D eigenvalue weighted by Crippen LogP contribution is 2.16. The van der Waals surface area contributed by atoms with Gasteiger partial charge in [-0.25, -0.2) is 0 Å². The van der Waals surface area contributed by atoms with Gasteiger partial charge in [0.15, 0.2) is 0 Å². The van der Waals surface area contributed by atoms with Crippen LogP contribution in [0.1, 0.15) is 18.9 Å². The molecule has 0 amide bonds. The molecule has 0 unspecified atom stereocenters. The minimum absolute atomic E-state index is 0.197. The lowest BCUT2D eigenvalue weighted by Crippen LogP contribution is -1.96. The molecule has 0 saturated carbocycles. The molecule has 80 valence electrons. The number of rotatable bonds is 4. The molecule has 4 heteroatoms. The van der Waals surface area contributed by atoms with Gasteiger partial charge in [-0.05, 0) is 17.7 Å². The van der Waals surface area contributed by atoms with E-state index in [0.717, 1.165) is 5.56 Å². The summed E-state index contributed by atoms with van der Waals surface area (Å²) in [6.07, 6.45) is 1.97. The van der Waals surface area contributed by atoms with Crippen molar-refractivity contribution in [1.29, 1.82) is 0 Å². The topological polar surface area (TPSA) is 52.4 Å². The molecule has 4 nitrogen and oxygen atoms in total. The van der Waals surface area contributed by atoms with E-state index in [-0.39, 0.29) is 10.6 Å². The van der Waals surface area contributed by atoms with Crippen molar-refractivity contribution in [3.8, 4) is 5.75 Å². The van der Waals surface area contributed by atoms with E-state index < -0.39 is 0 Å². The molecule has 1 aromatic carbocycles. The van der Waals surface area contributed by atoms with Crippen LogP contribution in [0.25, 0.3) is 6.08 Å². The van der Waals surface area contributed by atoms with Crippen molar-refractivity contribution in [3.05, 3.63) is 45.6 Å². The Morgan fingerprint density at radius 1 is 1.60 bits per heavy atom. The van der Waals surface area contributed by atoms with E-state index in [1.807, 2.05) is 6.07 Å². The predicted molar refractivity (Wildman–Crippen MR) is 58.3 cm³/mol. The Hall–Kier alpha value is -1.84. The fourth-order valence-electron chi connectivity index (χ4n) is 1.21. The summed E-state index contributed by atoms with van der Waals surface area (Å²) in [4.78, 5) is 10.2. The standard InChI is InChI=1S/C11H13NO3/c1-3-10(12(13)14)7-9-5-4-6-11(8-9)15-2/h4-8H,3H2,1-2H3. The normalized spacial score (nSPS) is 11.2. The number of ether oxygens (including phenoxy) is 1. The number of methoxy groups -OCH3 is 1. The smallest absolute Gasteiger partial charge is 0.246 e. The summed E-state index contributed by atoms with van der Waals surface area (Å²) in [5, 5.41) is 10.6. The third-order valence-electron chi connectivity index (χ3n) is 2.02. The third kappa shape index (κ3) is 3.09. The molecule has 15 heavy (non-hydrogen) atoms. The van der Waals surface area contributed by atoms with Crippen LogP contribution in [0.4, 0.5) is 0 Å². The summed E-state index contributed by atoms with van der Waals surface area (Å²) in [5.41, 5.74) is 0.978. The van der Waals surface area contributed by atoms with Gasteiger partial charge in [-0.2, -0.15) is 0 Å². The molecule has 0 aliphatic carbocycles. The molecule has 1 rings (SSSR count). The van der Waals surface area contributed by atoms with Gasteiger partial charge in [-0.1, -0.05) is 19.1 Å². The zero-order chi connectivity index (χ0) is 11.3. The van der Waals surface area contributed by atoms with Crippen LogP contribution in [0.2, 0.25) is 0 Å². The lowest BCUT2D eigenvalue weighted by molar-refractivity contribution is -0.425. The summed E-state index contributed by atoms with van der Waals surface area (Å²) < 4.78 is 5.03. The molecule has 0 fully saturated rings. The first-order valence-electron chi connectivity index (χ1n) is 4.66. The molecule has 0 aromatic heterocycles. The lowest BCUT2D eigenvalue weighted by atomic mass is 10.1. The Balaban J connectivity index is 3.00. The van der Waals surface area contributed by atoms with Crippen LogP contribution in [0.3, 0.4) is 0 Å². The summed E-state index contributed by atoms with van der Waals surface area (Å²) >= 11 is 0. The Morgan fingerprint density at radius 2 is 2.33 bits per heavy atom. The minimum atomic E-state index is -0.362. The quantitative estimate of drug-likeness (QED) is 0.563. The molecule has 1 aromatic rings. The fourth-order valence-corrected chi connectivity index (χ4v) is 1.21. The largest absolute Gasteiger partial charge is 0.497 e. The maximum Gasteiger partial charge on any atom is 0.246 e. The number of hydrogen-bond acceptors (Lipinski definition) is 3. The van der Waals surface area contributed by atoms with Crippen LogP contribution in [0, 0.1) is 10.1 Å². The average Bonchev–Trinajstić information content (AvgIpc) is 2.25. The highest BCUT2D eigenvalue weighted by atomic mass is 16.6. The molecule has 0 radical (unpaired) electrons. The summed E-state index contributed by atoms with van der Waals surface area (Å²) in [5.74, 6) is 0.697. The van der Waals surface area contributed by atoms with Crippen molar-refractivity contribution < 1.29 is 9.66 Å². The highest BCUT2D eigenvalue weighted by Gasteiger charge is 2.06. The maximum atomic E-state index is 10.6. The summed E-state index contributed by atoms with van der Waals surface area (Å²) in [6.45, 7) is 1.76. The first-order valence-corrected chi connectivity index (χ1v) is 4.66. The van der Waals surface area contributed by atoms with Crippen LogP contribution in [0.5, 0.6) is 5.75 Å². The van der Waals surface area contributed by atoms with Crippen molar-refractivity contribution in [2.24, 2.45) is 0 Å². The zero-order valence-corrected chi connectivity index (χ0v) is 8.77. The second-order valence-electron chi connectivity index (χ2n) is 3.02. The second kappa shape index (κ2) is 5.14. The lowest BCUT2D eigenvalue weighted by Gasteiger charge is -2.00. The minimum Gasteiger partial charge on any atom is -0.497 e. The van der Waals surface area contributed by atoms with Crippen molar-refractivity contribution in [2.75, 3.05) is 7.11 Å². The molecular formula is C11H13NO3. The number of allylic oxidation sites excluding steroid dienone is 1. The van der Waals surface area contributed by atoms with Crippen molar-refractivity contribution in [3.63, 3.8) is 0 Å². The van der Waals surface area contributed by atoms with E-state index in [0.29, 0.717) is 12.2 Å².